The molecule has 3 nitrogen and oxygen atoms in total. The van der Waals surface area contributed by atoms with Gasteiger partial charge >= 0.3 is 0 Å². The fourth-order valence-electron chi connectivity index (χ4n) is 2.53. The lowest BCUT2D eigenvalue weighted by Crippen LogP contribution is -2.47. The second-order valence-electron chi connectivity index (χ2n) is 6.89. The number of rotatable bonds is 5. The molecule has 0 fully saturated rings. The molecule has 0 heterocycles. The van der Waals surface area contributed by atoms with Crippen molar-refractivity contribution in [3.8, 4) is 0 Å². The third-order valence-electron chi connectivity index (χ3n) is 2.68. The standard InChI is InChI=1S/C16H26N2O/c1-15(2,3)12-16(4,5)18-14(19)11-17-13-9-7-6-8-10-13/h6-10,17H,11-12H2,1-5H3,(H,18,19). The van der Waals surface area contributed by atoms with E-state index in [2.05, 4.69) is 45.3 Å². The van der Waals surface area contributed by atoms with Gasteiger partial charge in [0.25, 0.3) is 0 Å². The zero-order chi connectivity index (χ0) is 14.5. The van der Waals surface area contributed by atoms with Crippen LogP contribution in [0.1, 0.15) is 41.0 Å². The average Bonchev–Trinajstić information content (AvgIpc) is 2.23. The van der Waals surface area contributed by atoms with Gasteiger partial charge in [0.05, 0.1) is 6.54 Å². The summed E-state index contributed by atoms with van der Waals surface area (Å²) in [7, 11) is 0. The Kier molecular flexibility index (Phi) is 4.98. The van der Waals surface area contributed by atoms with Crippen molar-refractivity contribution in [2.24, 2.45) is 5.41 Å². The van der Waals surface area contributed by atoms with Gasteiger partial charge < -0.3 is 10.6 Å². The van der Waals surface area contributed by atoms with Crippen LogP contribution < -0.4 is 10.6 Å². The van der Waals surface area contributed by atoms with Gasteiger partial charge in [-0.3, -0.25) is 4.79 Å². The van der Waals surface area contributed by atoms with Crippen LogP contribution in [0.3, 0.4) is 0 Å². The zero-order valence-corrected chi connectivity index (χ0v) is 12.7. The first kappa shape index (κ1) is 15.5. The van der Waals surface area contributed by atoms with E-state index in [-0.39, 0.29) is 16.9 Å². The van der Waals surface area contributed by atoms with Crippen molar-refractivity contribution >= 4 is 11.6 Å². The second-order valence-corrected chi connectivity index (χ2v) is 6.89. The van der Waals surface area contributed by atoms with E-state index in [9.17, 15) is 4.79 Å². The molecule has 0 aliphatic rings. The van der Waals surface area contributed by atoms with Gasteiger partial charge in [0.2, 0.25) is 5.91 Å². The van der Waals surface area contributed by atoms with Gasteiger partial charge in [-0.2, -0.15) is 0 Å². The summed E-state index contributed by atoms with van der Waals surface area (Å²) in [5.41, 5.74) is 0.975. The number of carbonyl (C=O) groups excluding carboxylic acids is 1. The predicted octanol–water partition coefficient (Wildman–Crippen LogP) is 3.43. The Hall–Kier alpha value is -1.51. The van der Waals surface area contributed by atoms with Crippen molar-refractivity contribution in [2.45, 2.75) is 46.6 Å². The van der Waals surface area contributed by atoms with Crippen LogP contribution in [-0.2, 0) is 4.79 Å². The maximum absolute atomic E-state index is 11.9. The van der Waals surface area contributed by atoms with Gasteiger partial charge in [0.1, 0.15) is 0 Å². The Balaban J connectivity index is 2.43. The minimum Gasteiger partial charge on any atom is -0.376 e. The Morgan fingerprint density at radius 3 is 2.16 bits per heavy atom. The molecule has 0 aromatic heterocycles. The van der Waals surface area contributed by atoms with Crippen LogP contribution in [0, 0.1) is 5.41 Å². The lowest BCUT2D eigenvalue weighted by Gasteiger charge is -2.33. The molecule has 0 saturated carbocycles. The summed E-state index contributed by atoms with van der Waals surface area (Å²) < 4.78 is 0. The van der Waals surface area contributed by atoms with E-state index >= 15 is 0 Å². The number of para-hydroxylation sites is 1. The number of anilines is 1. The molecule has 106 valence electrons. The lowest BCUT2D eigenvalue weighted by atomic mass is 9.82. The number of nitrogens with one attached hydrogen (secondary N) is 2. The van der Waals surface area contributed by atoms with E-state index in [0.29, 0.717) is 6.54 Å². The third kappa shape index (κ3) is 6.85. The quantitative estimate of drug-likeness (QED) is 0.853. The number of amides is 1. The SMILES string of the molecule is CC(C)(C)CC(C)(C)NC(=O)CNc1ccccc1. The topological polar surface area (TPSA) is 41.1 Å². The zero-order valence-electron chi connectivity index (χ0n) is 12.7. The number of carbonyl (C=O) groups is 1. The van der Waals surface area contributed by atoms with E-state index in [1.54, 1.807) is 0 Å². The van der Waals surface area contributed by atoms with Crippen LogP contribution in [-0.4, -0.2) is 18.0 Å². The van der Waals surface area contributed by atoms with Gasteiger partial charge in [-0.15, -0.1) is 0 Å². The highest BCUT2D eigenvalue weighted by Crippen LogP contribution is 2.26. The van der Waals surface area contributed by atoms with E-state index < -0.39 is 0 Å². The Morgan fingerprint density at radius 2 is 1.63 bits per heavy atom. The maximum Gasteiger partial charge on any atom is 0.239 e. The minimum absolute atomic E-state index is 0.0260. The third-order valence-corrected chi connectivity index (χ3v) is 2.68. The van der Waals surface area contributed by atoms with Crippen molar-refractivity contribution < 1.29 is 4.79 Å². The summed E-state index contributed by atoms with van der Waals surface area (Å²) in [6.45, 7) is 11.0. The van der Waals surface area contributed by atoms with Crippen LogP contribution in [0.4, 0.5) is 5.69 Å². The maximum atomic E-state index is 11.9. The molecule has 2 N–H and O–H groups in total. The van der Waals surface area contributed by atoms with Crippen molar-refractivity contribution in [3.05, 3.63) is 30.3 Å². The smallest absolute Gasteiger partial charge is 0.239 e. The Bertz CT molecular complexity index is 405. The first-order chi connectivity index (χ1) is 8.68. The van der Waals surface area contributed by atoms with Crippen LogP contribution in [0.2, 0.25) is 0 Å². The molecule has 0 bridgehead atoms. The first-order valence-corrected chi connectivity index (χ1v) is 6.78. The number of hydrogen-bond acceptors (Lipinski definition) is 2. The molecular formula is C16H26N2O. The lowest BCUT2D eigenvalue weighted by molar-refractivity contribution is -0.121. The molecule has 0 atom stereocenters. The van der Waals surface area contributed by atoms with Crippen molar-refractivity contribution in [1.82, 2.24) is 5.32 Å². The summed E-state index contributed by atoms with van der Waals surface area (Å²) in [6.07, 6.45) is 0.942. The van der Waals surface area contributed by atoms with E-state index in [1.807, 2.05) is 30.3 Å². The Morgan fingerprint density at radius 1 is 1.05 bits per heavy atom. The van der Waals surface area contributed by atoms with E-state index in [0.717, 1.165) is 12.1 Å². The molecule has 0 radical (unpaired) electrons. The van der Waals surface area contributed by atoms with Crippen LogP contribution in [0.5, 0.6) is 0 Å². The summed E-state index contributed by atoms with van der Waals surface area (Å²) in [4.78, 5) is 11.9. The second kappa shape index (κ2) is 6.09. The van der Waals surface area contributed by atoms with Gasteiger partial charge in [-0.05, 0) is 37.8 Å². The molecule has 1 aromatic carbocycles. The summed E-state index contributed by atoms with van der Waals surface area (Å²) in [5, 5.41) is 6.20. The highest BCUT2D eigenvalue weighted by Gasteiger charge is 2.26. The Labute approximate surface area is 116 Å². The molecule has 0 spiro atoms. The number of benzene rings is 1. The molecule has 0 aliphatic heterocycles. The largest absolute Gasteiger partial charge is 0.376 e. The molecule has 1 amide bonds. The van der Waals surface area contributed by atoms with E-state index in [4.69, 9.17) is 0 Å². The van der Waals surface area contributed by atoms with Crippen molar-refractivity contribution in [1.29, 1.82) is 0 Å². The molecule has 0 aliphatic carbocycles. The molecule has 1 rings (SSSR count). The van der Waals surface area contributed by atoms with Crippen LogP contribution in [0.15, 0.2) is 30.3 Å². The number of hydrogen-bond donors (Lipinski definition) is 2. The highest BCUT2D eigenvalue weighted by molar-refractivity contribution is 5.81. The fraction of sp³-hybridized carbons (Fsp3) is 0.562. The molecule has 1 aromatic rings. The molecule has 19 heavy (non-hydrogen) atoms. The highest BCUT2D eigenvalue weighted by atomic mass is 16.2. The van der Waals surface area contributed by atoms with Gasteiger partial charge in [0, 0.05) is 11.2 Å². The average molecular weight is 262 g/mol. The van der Waals surface area contributed by atoms with Crippen molar-refractivity contribution in [3.63, 3.8) is 0 Å². The van der Waals surface area contributed by atoms with Crippen molar-refractivity contribution in [2.75, 3.05) is 11.9 Å². The summed E-state index contributed by atoms with van der Waals surface area (Å²) in [5.74, 6) is 0.0260. The predicted molar refractivity (Wildman–Crippen MR) is 81.2 cm³/mol. The summed E-state index contributed by atoms with van der Waals surface area (Å²) >= 11 is 0. The van der Waals surface area contributed by atoms with Gasteiger partial charge in [-0.1, -0.05) is 39.0 Å². The first-order valence-electron chi connectivity index (χ1n) is 6.78. The van der Waals surface area contributed by atoms with Gasteiger partial charge in [0.15, 0.2) is 0 Å². The molecular weight excluding hydrogens is 236 g/mol. The fourth-order valence-corrected chi connectivity index (χ4v) is 2.53. The molecule has 3 heteroatoms. The molecule has 0 unspecified atom stereocenters. The normalized spacial score (nSPS) is 12.1. The monoisotopic (exact) mass is 262 g/mol. The summed E-state index contributed by atoms with van der Waals surface area (Å²) in [6, 6.07) is 9.76. The minimum atomic E-state index is -0.187. The van der Waals surface area contributed by atoms with Gasteiger partial charge in [-0.25, -0.2) is 0 Å². The molecule has 0 saturated heterocycles. The van der Waals surface area contributed by atoms with E-state index in [1.165, 1.54) is 0 Å². The van der Waals surface area contributed by atoms with Crippen LogP contribution >= 0.6 is 0 Å². The van der Waals surface area contributed by atoms with Crippen LogP contribution in [0.25, 0.3) is 0 Å².